The number of rotatable bonds is 8. The van der Waals surface area contributed by atoms with Gasteiger partial charge in [-0.05, 0) is 24.8 Å². The lowest BCUT2D eigenvalue weighted by Gasteiger charge is -2.11. The van der Waals surface area contributed by atoms with Gasteiger partial charge >= 0.3 is 0 Å². The minimum Gasteiger partial charge on any atom is -0.356 e. The maximum atomic E-state index is 4.44. The summed E-state index contributed by atoms with van der Waals surface area (Å²) < 4.78 is 0. The van der Waals surface area contributed by atoms with Crippen molar-refractivity contribution in [2.24, 2.45) is 4.99 Å². The first-order chi connectivity index (χ1) is 11.3. The fourth-order valence-electron chi connectivity index (χ4n) is 2.28. The molecular weight excluding hydrogens is 304 g/mol. The highest BCUT2D eigenvalue weighted by Crippen LogP contribution is 2.13. The minimum atomic E-state index is 0.856. The van der Waals surface area contributed by atoms with E-state index >= 15 is 0 Å². The first kappa shape index (κ1) is 17.5. The Morgan fingerprint density at radius 2 is 1.91 bits per heavy atom. The molecule has 0 atom stereocenters. The molecule has 0 bridgehead atoms. The molecule has 5 heteroatoms. The van der Waals surface area contributed by atoms with Crippen LogP contribution in [0.3, 0.4) is 0 Å². The van der Waals surface area contributed by atoms with Gasteiger partial charge in [-0.2, -0.15) is 0 Å². The average Bonchev–Trinajstić information content (AvgIpc) is 3.06. The topological polar surface area (TPSA) is 49.3 Å². The van der Waals surface area contributed by atoms with E-state index in [2.05, 4.69) is 57.9 Å². The maximum Gasteiger partial charge on any atom is 0.190 e. The highest BCUT2D eigenvalue weighted by molar-refractivity contribution is 7.11. The van der Waals surface area contributed by atoms with Crippen molar-refractivity contribution >= 4 is 17.3 Å². The SMILES string of the molecule is CCc1cnc(CCNC(=NC)NCCCc2ccccc2)s1. The predicted molar refractivity (Wildman–Crippen MR) is 99.3 cm³/mol. The van der Waals surface area contributed by atoms with Crippen molar-refractivity contribution < 1.29 is 0 Å². The molecule has 2 rings (SSSR count). The second kappa shape index (κ2) is 10.0. The molecule has 124 valence electrons. The van der Waals surface area contributed by atoms with E-state index < -0.39 is 0 Å². The van der Waals surface area contributed by atoms with E-state index in [1.165, 1.54) is 15.4 Å². The van der Waals surface area contributed by atoms with E-state index in [1.807, 2.05) is 13.2 Å². The fraction of sp³-hybridized carbons (Fsp3) is 0.444. The molecule has 0 saturated carbocycles. The van der Waals surface area contributed by atoms with E-state index in [-0.39, 0.29) is 0 Å². The van der Waals surface area contributed by atoms with E-state index in [9.17, 15) is 0 Å². The lowest BCUT2D eigenvalue weighted by Crippen LogP contribution is -2.38. The first-order valence-corrected chi connectivity index (χ1v) is 9.05. The fourth-order valence-corrected chi connectivity index (χ4v) is 3.14. The van der Waals surface area contributed by atoms with Gasteiger partial charge in [0.1, 0.15) is 0 Å². The van der Waals surface area contributed by atoms with Crippen molar-refractivity contribution in [2.75, 3.05) is 20.1 Å². The van der Waals surface area contributed by atoms with Crippen LogP contribution in [0.2, 0.25) is 0 Å². The van der Waals surface area contributed by atoms with Crippen LogP contribution < -0.4 is 10.6 Å². The van der Waals surface area contributed by atoms with Gasteiger partial charge in [-0.1, -0.05) is 37.3 Å². The van der Waals surface area contributed by atoms with Crippen molar-refractivity contribution in [2.45, 2.75) is 32.6 Å². The highest BCUT2D eigenvalue weighted by Gasteiger charge is 2.02. The van der Waals surface area contributed by atoms with Crippen LogP contribution in [0.15, 0.2) is 41.5 Å². The van der Waals surface area contributed by atoms with Gasteiger partial charge in [-0.3, -0.25) is 4.99 Å². The molecule has 23 heavy (non-hydrogen) atoms. The molecule has 0 saturated heterocycles. The number of guanidine groups is 1. The predicted octanol–water partition coefficient (Wildman–Crippen LogP) is 3.05. The number of hydrogen-bond acceptors (Lipinski definition) is 3. The zero-order valence-electron chi connectivity index (χ0n) is 14.0. The normalized spacial score (nSPS) is 11.5. The van der Waals surface area contributed by atoms with Crippen molar-refractivity contribution in [1.82, 2.24) is 15.6 Å². The Bertz CT molecular complexity index is 592. The Balaban J connectivity index is 1.61. The molecule has 0 radical (unpaired) electrons. The minimum absolute atomic E-state index is 0.856. The van der Waals surface area contributed by atoms with E-state index in [0.29, 0.717) is 0 Å². The third kappa shape index (κ3) is 6.40. The van der Waals surface area contributed by atoms with E-state index in [4.69, 9.17) is 0 Å². The standard InChI is InChI=1S/C18H26N4S/c1-3-16-14-22-17(23-16)11-13-21-18(19-2)20-12-7-10-15-8-5-4-6-9-15/h4-6,8-9,14H,3,7,10-13H2,1-2H3,(H2,19,20,21). The Hall–Kier alpha value is -1.88. The van der Waals surface area contributed by atoms with Crippen molar-refractivity contribution in [1.29, 1.82) is 0 Å². The maximum absolute atomic E-state index is 4.44. The van der Waals surface area contributed by atoms with Crippen LogP contribution in [0.25, 0.3) is 0 Å². The Labute approximate surface area is 143 Å². The molecule has 0 fully saturated rings. The lowest BCUT2D eigenvalue weighted by molar-refractivity contribution is 0.738. The van der Waals surface area contributed by atoms with Crippen molar-refractivity contribution in [3.8, 4) is 0 Å². The van der Waals surface area contributed by atoms with Gasteiger partial charge in [-0.25, -0.2) is 4.98 Å². The van der Waals surface area contributed by atoms with Gasteiger partial charge in [0.25, 0.3) is 0 Å². The molecule has 2 aromatic rings. The lowest BCUT2D eigenvalue weighted by atomic mass is 10.1. The monoisotopic (exact) mass is 330 g/mol. The molecule has 0 spiro atoms. The zero-order valence-corrected chi connectivity index (χ0v) is 14.8. The number of hydrogen-bond donors (Lipinski definition) is 2. The molecular formula is C18H26N4S. The van der Waals surface area contributed by atoms with E-state index in [0.717, 1.165) is 44.7 Å². The third-order valence-electron chi connectivity index (χ3n) is 3.58. The number of nitrogens with one attached hydrogen (secondary N) is 2. The van der Waals surface area contributed by atoms with Gasteiger partial charge in [0, 0.05) is 37.6 Å². The van der Waals surface area contributed by atoms with Crippen LogP contribution in [0.1, 0.15) is 28.8 Å². The molecule has 1 aromatic heterocycles. The summed E-state index contributed by atoms with van der Waals surface area (Å²) in [5.74, 6) is 0.866. The third-order valence-corrected chi connectivity index (χ3v) is 4.78. The van der Waals surface area contributed by atoms with Crippen LogP contribution in [-0.4, -0.2) is 31.1 Å². The van der Waals surface area contributed by atoms with Crippen LogP contribution in [0.4, 0.5) is 0 Å². The summed E-state index contributed by atoms with van der Waals surface area (Å²) in [6.45, 7) is 3.94. The van der Waals surface area contributed by atoms with Crippen molar-refractivity contribution in [3.05, 3.63) is 52.0 Å². The Kier molecular flexibility index (Phi) is 7.60. The Morgan fingerprint density at radius 3 is 2.61 bits per heavy atom. The number of nitrogens with zero attached hydrogens (tertiary/aromatic N) is 2. The molecule has 0 aliphatic carbocycles. The molecule has 0 aliphatic rings. The molecule has 2 N–H and O–H groups in total. The Morgan fingerprint density at radius 1 is 1.13 bits per heavy atom. The number of aliphatic imine (C=N–C) groups is 1. The number of aromatic nitrogens is 1. The highest BCUT2D eigenvalue weighted by atomic mass is 32.1. The molecule has 4 nitrogen and oxygen atoms in total. The van der Waals surface area contributed by atoms with Gasteiger partial charge < -0.3 is 10.6 Å². The molecule has 1 heterocycles. The summed E-state index contributed by atoms with van der Waals surface area (Å²) in [7, 11) is 1.81. The number of thiazole rings is 1. The summed E-state index contributed by atoms with van der Waals surface area (Å²) in [4.78, 5) is 10.0. The summed E-state index contributed by atoms with van der Waals surface area (Å²) in [6, 6.07) is 10.6. The number of benzene rings is 1. The molecule has 0 unspecified atom stereocenters. The summed E-state index contributed by atoms with van der Waals surface area (Å²) in [5, 5.41) is 7.90. The van der Waals surface area contributed by atoms with Crippen molar-refractivity contribution in [3.63, 3.8) is 0 Å². The van der Waals surface area contributed by atoms with Gasteiger partial charge in [-0.15, -0.1) is 11.3 Å². The molecule has 0 aliphatic heterocycles. The summed E-state index contributed by atoms with van der Waals surface area (Å²) in [5.41, 5.74) is 1.38. The molecule has 1 aromatic carbocycles. The smallest absolute Gasteiger partial charge is 0.190 e. The van der Waals surface area contributed by atoms with E-state index in [1.54, 1.807) is 11.3 Å². The van der Waals surface area contributed by atoms with Crippen LogP contribution in [-0.2, 0) is 19.3 Å². The second-order valence-electron chi connectivity index (χ2n) is 5.34. The quantitative estimate of drug-likeness (QED) is 0.444. The van der Waals surface area contributed by atoms with Gasteiger partial charge in [0.05, 0.1) is 5.01 Å². The largest absolute Gasteiger partial charge is 0.356 e. The number of aryl methyl sites for hydroxylation is 2. The summed E-state index contributed by atoms with van der Waals surface area (Å²) in [6.07, 6.45) is 6.17. The first-order valence-electron chi connectivity index (χ1n) is 8.24. The van der Waals surface area contributed by atoms with Crippen LogP contribution >= 0.6 is 11.3 Å². The average molecular weight is 331 g/mol. The van der Waals surface area contributed by atoms with Crippen LogP contribution in [0.5, 0.6) is 0 Å². The second-order valence-corrected chi connectivity index (χ2v) is 6.54. The van der Waals surface area contributed by atoms with Gasteiger partial charge in [0.15, 0.2) is 5.96 Å². The van der Waals surface area contributed by atoms with Gasteiger partial charge in [0.2, 0.25) is 0 Å². The van der Waals surface area contributed by atoms with Crippen LogP contribution in [0, 0.1) is 0 Å². The zero-order chi connectivity index (χ0) is 16.3. The summed E-state index contributed by atoms with van der Waals surface area (Å²) >= 11 is 1.80. The molecule has 0 amide bonds.